The molecular weight excluding hydrogens is 144 g/mol. The smallest absolute Gasteiger partial charge is 0.0842 e. The molecule has 0 aromatic rings. The highest BCUT2D eigenvalue weighted by atomic mass is 32.2. The Morgan fingerprint density at radius 1 is 1.89 bits per heavy atom. The zero-order chi connectivity index (χ0) is 7.28. The Morgan fingerprint density at radius 3 is 2.78 bits per heavy atom. The molecule has 4 nitrogen and oxygen atoms in total. The Hall–Kier alpha value is 0.0300. The van der Waals surface area contributed by atoms with Crippen molar-refractivity contribution in [1.29, 1.82) is 0 Å². The fourth-order valence-corrected chi connectivity index (χ4v) is 0.519. The third-order valence-electron chi connectivity index (χ3n) is 0.715. The predicted molar refractivity (Wildman–Crippen MR) is 31.2 cm³/mol. The molecule has 0 rings (SSSR count). The van der Waals surface area contributed by atoms with Crippen LogP contribution in [0.2, 0.25) is 0 Å². The summed E-state index contributed by atoms with van der Waals surface area (Å²) < 4.78 is 23.5. The zero-order valence-electron chi connectivity index (χ0n) is 5.07. The van der Waals surface area contributed by atoms with Crippen LogP contribution in [0.25, 0.3) is 0 Å². The van der Waals surface area contributed by atoms with Gasteiger partial charge in [0.25, 0.3) is 0 Å². The van der Waals surface area contributed by atoms with Crippen LogP contribution in [0.15, 0.2) is 0 Å². The molecule has 0 radical (unpaired) electrons. The third-order valence-corrected chi connectivity index (χ3v) is 1.07. The van der Waals surface area contributed by atoms with Crippen molar-refractivity contribution in [2.45, 2.75) is 19.4 Å². The molecule has 5 heteroatoms. The molecule has 9 heavy (non-hydrogen) atoms. The van der Waals surface area contributed by atoms with E-state index < -0.39 is 17.5 Å². The van der Waals surface area contributed by atoms with Gasteiger partial charge in [0.05, 0.1) is 24.1 Å². The fourth-order valence-electron chi connectivity index (χ4n) is 0.287. The van der Waals surface area contributed by atoms with Gasteiger partial charge in [-0.05, 0) is 13.3 Å². The van der Waals surface area contributed by atoms with Crippen molar-refractivity contribution in [3.05, 3.63) is 0 Å². The quantitative estimate of drug-likeness (QED) is 0.556. The lowest BCUT2D eigenvalue weighted by molar-refractivity contribution is 0.156. The summed E-state index contributed by atoms with van der Waals surface area (Å²) in [6.45, 7) is 1.62. The topological polar surface area (TPSA) is 69.6 Å². The molecule has 56 valence electrons. The number of hydrogen-bond donors (Lipinski definition) is 1. The molecule has 2 unspecified atom stereocenters. The first-order valence-corrected chi connectivity index (χ1v) is 3.53. The summed E-state index contributed by atoms with van der Waals surface area (Å²) in [5.41, 5.74) is 0. The molecule has 0 spiro atoms. The minimum absolute atomic E-state index is 0.0494. The van der Waals surface area contributed by atoms with Crippen molar-refractivity contribution in [2.75, 3.05) is 6.61 Å². The normalized spacial score (nSPS) is 17.2. The van der Waals surface area contributed by atoms with Gasteiger partial charge < -0.3 is 13.8 Å². The molecule has 0 aliphatic carbocycles. The number of aliphatic hydroxyl groups excluding tert-OH is 1. The largest absolute Gasteiger partial charge is 0.750 e. The summed E-state index contributed by atoms with van der Waals surface area (Å²) in [4.78, 5) is 0. The van der Waals surface area contributed by atoms with Crippen LogP contribution in [0.3, 0.4) is 0 Å². The lowest BCUT2D eigenvalue weighted by Crippen LogP contribution is -2.06. The average Bonchev–Trinajstić information content (AvgIpc) is 1.63. The minimum Gasteiger partial charge on any atom is -0.750 e. The van der Waals surface area contributed by atoms with E-state index in [1.54, 1.807) is 6.92 Å². The molecule has 0 amide bonds. The van der Waals surface area contributed by atoms with E-state index in [-0.39, 0.29) is 6.61 Å². The van der Waals surface area contributed by atoms with Crippen LogP contribution in [-0.4, -0.2) is 26.6 Å². The molecule has 0 saturated heterocycles. The van der Waals surface area contributed by atoms with Crippen LogP contribution < -0.4 is 0 Å². The standard InChI is InChI=1S/C4H10O4S/c1-4(5)2-3-8-9(6)7/h4-5H,2-3H2,1H3,(H,6,7)/p-1. The lowest BCUT2D eigenvalue weighted by Gasteiger charge is -2.05. The molecule has 0 aliphatic rings. The van der Waals surface area contributed by atoms with Gasteiger partial charge in [0, 0.05) is 0 Å². The van der Waals surface area contributed by atoms with Crippen molar-refractivity contribution in [3.8, 4) is 0 Å². The van der Waals surface area contributed by atoms with Crippen LogP contribution in [-0.2, 0) is 15.5 Å². The highest BCUT2D eigenvalue weighted by Crippen LogP contribution is 1.90. The van der Waals surface area contributed by atoms with Crippen LogP contribution in [0.5, 0.6) is 0 Å². The van der Waals surface area contributed by atoms with Crippen LogP contribution in [0, 0.1) is 0 Å². The van der Waals surface area contributed by atoms with Gasteiger partial charge in [0.15, 0.2) is 0 Å². The summed E-state index contributed by atoms with van der Waals surface area (Å²) in [5, 5.41) is 8.58. The molecule has 0 aromatic heterocycles. The molecule has 0 saturated carbocycles. The second kappa shape index (κ2) is 4.87. The number of hydrogen-bond acceptors (Lipinski definition) is 4. The van der Waals surface area contributed by atoms with Gasteiger partial charge in [-0.2, -0.15) is 0 Å². The van der Waals surface area contributed by atoms with E-state index in [2.05, 4.69) is 4.18 Å². The molecule has 0 fully saturated rings. The average molecular weight is 153 g/mol. The SMILES string of the molecule is CC(O)CCOS(=O)[O-]. The Bertz CT molecular complexity index is 92.6. The minimum atomic E-state index is -2.44. The Balaban J connectivity index is 3.01. The van der Waals surface area contributed by atoms with Gasteiger partial charge in [-0.3, -0.25) is 0 Å². The summed E-state index contributed by atoms with van der Waals surface area (Å²) in [5.74, 6) is 0. The summed E-state index contributed by atoms with van der Waals surface area (Å²) >= 11 is -2.44. The van der Waals surface area contributed by atoms with Crippen molar-refractivity contribution in [2.24, 2.45) is 0 Å². The number of rotatable bonds is 4. The van der Waals surface area contributed by atoms with Gasteiger partial charge in [0.1, 0.15) is 0 Å². The van der Waals surface area contributed by atoms with Crippen molar-refractivity contribution >= 4 is 11.4 Å². The van der Waals surface area contributed by atoms with Gasteiger partial charge >= 0.3 is 0 Å². The van der Waals surface area contributed by atoms with Gasteiger partial charge in [-0.1, -0.05) is 0 Å². The van der Waals surface area contributed by atoms with Gasteiger partial charge in [0.2, 0.25) is 0 Å². The van der Waals surface area contributed by atoms with Gasteiger partial charge in [-0.25, -0.2) is 4.21 Å². The Morgan fingerprint density at radius 2 is 2.44 bits per heavy atom. The molecule has 0 heterocycles. The van der Waals surface area contributed by atoms with E-state index in [4.69, 9.17) is 5.11 Å². The Labute approximate surface area is 56.3 Å². The molecule has 0 bridgehead atoms. The number of aliphatic hydroxyl groups is 1. The highest BCUT2D eigenvalue weighted by molar-refractivity contribution is 7.74. The molecular formula is C4H9O4S-. The van der Waals surface area contributed by atoms with Crippen molar-refractivity contribution in [1.82, 2.24) is 0 Å². The van der Waals surface area contributed by atoms with E-state index in [0.29, 0.717) is 6.42 Å². The van der Waals surface area contributed by atoms with E-state index in [1.807, 2.05) is 0 Å². The molecule has 0 aromatic carbocycles. The lowest BCUT2D eigenvalue weighted by atomic mass is 10.3. The van der Waals surface area contributed by atoms with Gasteiger partial charge in [-0.15, -0.1) is 0 Å². The second-order valence-corrected chi connectivity index (χ2v) is 2.31. The first-order valence-electron chi connectivity index (χ1n) is 2.53. The van der Waals surface area contributed by atoms with E-state index in [0.717, 1.165) is 0 Å². The molecule has 2 atom stereocenters. The summed E-state index contributed by atoms with van der Waals surface area (Å²) in [7, 11) is 0. The van der Waals surface area contributed by atoms with E-state index >= 15 is 0 Å². The fraction of sp³-hybridized carbons (Fsp3) is 1.00. The maximum absolute atomic E-state index is 9.68. The Kier molecular flexibility index (Phi) is 4.88. The third kappa shape index (κ3) is 8.03. The van der Waals surface area contributed by atoms with Crippen LogP contribution in [0.4, 0.5) is 0 Å². The zero-order valence-corrected chi connectivity index (χ0v) is 5.89. The van der Waals surface area contributed by atoms with Crippen LogP contribution in [0.1, 0.15) is 13.3 Å². The summed E-state index contributed by atoms with van der Waals surface area (Å²) in [6, 6.07) is 0. The molecule has 1 N–H and O–H groups in total. The first kappa shape index (κ1) is 9.03. The maximum Gasteiger partial charge on any atom is 0.0842 e. The van der Waals surface area contributed by atoms with E-state index in [1.165, 1.54) is 0 Å². The summed E-state index contributed by atoms with van der Waals surface area (Å²) in [6.07, 6.45) is -0.165. The molecule has 0 aliphatic heterocycles. The first-order chi connectivity index (χ1) is 4.13. The predicted octanol–water partition coefficient (Wildman–Crippen LogP) is -0.432. The van der Waals surface area contributed by atoms with Crippen LogP contribution >= 0.6 is 0 Å². The van der Waals surface area contributed by atoms with E-state index in [9.17, 15) is 8.76 Å². The van der Waals surface area contributed by atoms with Crippen molar-refractivity contribution in [3.63, 3.8) is 0 Å². The monoisotopic (exact) mass is 153 g/mol. The van der Waals surface area contributed by atoms with Crippen molar-refractivity contribution < 1.29 is 18.1 Å². The highest BCUT2D eigenvalue weighted by Gasteiger charge is 1.93. The maximum atomic E-state index is 9.68. The second-order valence-electron chi connectivity index (χ2n) is 1.66.